The lowest BCUT2D eigenvalue weighted by Gasteiger charge is -2.47. The Balaban J connectivity index is 1.28. The van der Waals surface area contributed by atoms with Crippen LogP contribution in [0.25, 0.3) is 0 Å². The van der Waals surface area contributed by atoms with Gasteiger partial charge >= 0.3 is 6.01 Å². The zero-order valence-electron chi connectivity index (χ0n) is 21.5. The fourth-order valence-electron chi connectivity index (χ4n) is 6.40. The number of nitrogen functional groups attached to an aromatic ring is 1. The van der Waals surface area contributed by atoms with E-state index in [2.05, 4.69) is 31.9 Å². The SMILES string of the molecule is CCN(c1nc(OC[C@@]23CCCN2C[C@H](F)C3)nc(N2CC3(C2)SCc2sc(N)c(C#N)c23)n1)[C@H](C)C#N. The highest BCUT2D eigenvalue weighted by Gasteiger charge is 2.53. The maximum atomic E-state index is 14.3. The molecule has 1 spiro atoms. The summed E-state index contributed by atoms with van der Waals surface area (Å²) in [5.74, 6) is 1.70. The molecule has 0 aromatic carbocycles. The smallest absolute Gasteiger partial charge is 0.323 e. The summed E-state index contributed by atoms with van der Waals surface area (Å²) in [7, 11) is 0. The van der Waals surface area contributed by atoms with E-state index in [1.165, 1.54) is 16.2 Å². The molecular weight excluding hydrogens is 525 g/mol. The van der Waals surface area contributed by atoms with Gasteiger partial charge in [0.05, 0.1) is 21.9 Å². The average Bonchev–Trinajstić information content (AvgIpc) is 3.60. The third-order valence-corrected chi connectivity index (χ3v) is 11.0. The predicted molar refractivity (Wildman–Crippen MR) is 145 cm³/mol. The first kappa shape index (κ1) is 25.4. The molecule has 38 heavy (non-hydrogen) atoms. The number of rotatable bonds is 7. The van der Waals surface area contributed by atoms with Crippen LogP contribution in [0.15, 0.2) is 0 Å². The van der Waals surface area contributed by atoms with E-state index < -0.39 is 12.2 Å². The van der Waals surface area contributed by atoms with E-state index >= 15 is 0 Å². The maximum absolute atomic E-state index is 14.3. The van der Waals surface area contributed by atoms with E-state index in [4.69, 9.17) is 15.5 Å². The van der Waals surface area contributed by atoms with Crippen molar-refractivity contribution in [1.82, 2.24) is 19.9 Å². The Hall–Kier alpha value is -2.87. The second kappa shape index (κ2) is 9.40. The van der Waals surface area contributed by atoms with Gasteiger partial charge in [0, 0.05) is 48.8 Å². The van der Waals surface area contributed by atoms with Crippen LogP contribution in [-0.4, -0.2) is 76.9 Å². The predicted octanol–water partition coefficient (Wildman–Crippen LogP) is 3.04. The molecule has 4 aliphatic rings. The largest absolute Gasteiger partial charge is 0.461 e. The molecule has 0 aliphatic carbocycles. The number of hydrogen-bond donors (Lipinski definition) is 1. The summed E-state index contributed by atoms with van der Waals surface area (Å²) >= 11 is 3.34. The fraction of sp³-hybridized carbons (Fsp3) is 0.640. The van der Waals surface area contributed by atoms with Crippen LogP contribution in [-0.2, 0) is 10.5 Å². The monoisotopic (exact) mass is 555 g/mol. The number of fused-ring (bicyclic) bond motifs is 3. The van der Waals surface area contributed by atoms with Crippen LogP contribution >= 0.6 is 23.1 Å². The average molecular weight is 556 g/mol. The molecule has 6 heterocycles. The second-order valence-corrected chi connectivity index (χ2v) is 13.1. The highest BCUT2D eigenvalue weighted by molar-refractivity contribution is 8.00. The number of thiophene rings is 1. The van der Waals surface area contributed by atoms with Crippen molar-refractivity contribution in [3.63, 3.8) is 0 Å². The molecule has 3 saturated heterocycles. The lowest BCUT2D eigenvalue weighted by molar-refractivity contribution is 0.107. The Kier molecular flexibility index (Phi) is 6.29. The Morgan fingerprint density at radius 3 is 2.87 bits per heavy atom. The lowest BCUT2D eigenvalue weighted by atomic mass is 9.88. The number of nitrogens with two attached hydrogens (primary N) is 1. The van der Waals surface area contributed by atoms with Gasteiger partial charge in [-0.1, -0.05) is 0 Å². The second-order valence-electron chi connectivity index (χ2n) is 10.6. The number of nitriles is 2. The van der Waals surface area contributed by atoms with Gasteiger partial charge in [-0.25, -0.2) is 4.39 Å². The van der Waals surface area contributed by atoms with Gasteiger partial charge in [-0.05, 0) is 33.2 Å². The molecule has 3 fully saturated rings. The third-order valence-electron chi connectivity index (χ3n) is 8.30. The molecule has 0 bridgehead atoms. The molecule has 2 aromatic rings. The zero-order valence-corrected chi connectivity index (χ0v) is 23.1. The zero-order chi connectivity index (χ0) is 26.7. The van der Waals surface area contributed by atoms with Crippen molar-refractivity contribution in [2.45, 2.75) is 61.4 Å². The van der Waals surface area contributed by atoms with Crippen LogP contribution < -0.4 is 20.3 Å². The van der Waals surface area contributed by atoms with Gasteiger partial charge in [0.1, 0.15) is 29.9 Å². The Bertz CT molecular complexity index is 1330. The highest BCUT2D eigenvalue weighted by Crippen LogP contribution is 2.57. The molecule has 6 rings (SSSR count). The van der Waals surface area contributed by atoms with Crippen molar-refractivity contribution in [3.8, 4) is 18.1 Å². The normalized spacial score (nSPS) is 25.9. The minimum atomic E-state index is -0.842. The number of thioether (sulfide) groups is 1. The summed E-state index contributed by atoms with van der Waals surface area (Å²) in [6.45, 7) is 7.23. The molecule has 2 aromatic heterocycles. The van der Waals surface area contributed by atoms with Gasteiger partial charge in [-0.2, -0.15) is 25.5 Å². The summed E-state index contributed by atoms with van der Waals surface area (Å²) in [5, 5.41) is 19.9. The fourth-order valence-corrected chi connectivity index (χ4v) is 9.21. The first-order valence-electron chi connectivity index (χ1n) is 13.0. The summed E-state index contributed by atoms with van der Waals surface area (Å²) in [6, 6.07) is 4.32. The molecule has 2 N–H and O–H groups in total. The molecule has 10 nitrogen and oxygen atoms in total. The van der Waals surface area contributed by atoms with Gasteiger partial charge in [0.25, 0.3) is 0 Å². The van der Waals surface area contributed by atoms with Crippen LogP contribution in [0.4, 0.5) is 21.3 Å². The quantitative estimate of drug-likeness (QED) is 0.541. The number of aromatic nitrogens is 3. The van der Waals surface area contributed by atoms with Crippen molar-refractivity contribution in [2.75, 3.05) is 54.9 Å². The molecule has 3 atom stereocenters. The molecule has 4 aliphatic heterocycles. The first-order valence-corrected chi connectivity index (χ1v) is 14.8. The Morgan fingerprint density at radius 2 is 2.13 bits per heavy atom. The topological polar surface area (TPSA) is 131 Å². The number of anilines is 3. The molecule has 0 unspecified atom stereocenters. The van der Waals surface area contributed by atoms with Gasteiger partial charge in [0.2, 0.25) is 11.9 Å². The van der Waals surface area contributed by atoms with Crippen LogP contribution in [0.5, 0.6) is 6.01 Å². The van der Waals surface area contributed by atoms with Gasteiger partial charge in [-0.3, -0.25) is 4.90 Å². The molecule has 0 radical (unpaired) electrons. The van der Waals surface area contributed by atoms with E-state index in [0.717, 1.165) is 30.7 Å². The van der Waals surface area contributed by atoms with Crippen molar-refractivity contribution in [3.05, 3.63) is 16.0 Å². The lowest BCUT2D eigenvalue weighted by Crippen LogP contribution is -2.57. The van der Waals surface area contributed by atoms with E-state index in [1.54, 1.807) is 0 Å². The minimum Gasteiger partial charge on any atom is -0.461 e. The number of halogens is 1. The summed E-state index contributed by atoms with van der Waals surface area (Å²) in [6.07, 6.45) is 1.54. The van der Waals surface area contributed by atoms with Crippen molar-refractivity contribution >= 4 is 40.0 Å². The molecule has 13 heteroatoms. The van der Waals surface area contributed by atoms with Gasteiger partial charge < -0.3 is 20.3 Å². The molecule has 0 amide bonds. The van der Waals surface area contributed by atoms with E-state index in [1.807, 2.05) is 30.5 Å². The minimum absolute atomic E-state index is 0.190. The highest BCUT2D eigenvalue weighted by atomic mass is 32.2. The summed E-state index contributed by atoms with van der Waals surface area (Å²) < 4.78 is 20.3. The first-order chi connectivity index (χ1) is 18.3. The van der Waals surface area contributed by atoms with Crippen molar-refractivity contribution < 1.29 is 9.13 Å². The van der Waals surface area contributed by atoms with Crippen LogP contribution in [0.1, 0.15) is 49.1 Å². The van der Waals surface area contributed by atoms with Crippen molar-refractivity contribution in [2.24, 2.45) is 0 Å². The number of nitrogens with zero attached hydrogens (tertiary/aromatic N) is 8. The van der Waals surface area contributed by atoms with Crippen LogP contribution in [0.2, 0.25) is 0 Å². The van der Waals surface area contributed by atoms with E-state index in [0.29, 0.717) is 61.7 Å². The number of hydrogen-bond acceptors (Lipinski definition) is 12. The number of ether oxygens (including phenoxy) is 1. The van der Waals surface area contributed by atoms with Gasteiger partial charge in [-0.15, -0.1) is 23.1 Å². The van der Waals surface area contributed by atoms with Crippen LogP contribution in [0.3, 0.4) is 0 Å². The standard InChI is InChI=1S/C25H30FN9OS2/c1-3-35(15(2)8-27)22-30-21(31-23(32-22)36-14-24-5-4-6-34(24)10-16(26)7-24)33-12-25(13-33)19-17(9-28)20(29)38-18(19)11-37-25/h15-16H,3-7,10-14,29H2,1-2H3/t15-,16-,24+/m1/s1. The summed E-state index contributed by atoms with van der Waals surface area (Å²) in [4.78, 5) is 21.3. The van der Waals surface area contributed by atoms with E-state index in [9.17, 15) is 14.9 Å². The van der Waals surface area contributed by atoms with E-state index in [-0.39, 0.29) is 16.3 Å². The molecule has 200 valence electrons. The van der Waals surface area contributed by atoms with Gasteiger partial charge in [0.15, 0.2) is 0 Å². The van der Waals surface area contributed by atoms with Crippen LogP contribution in [0, 0.1) is 22.7 Å². The molecular formula is C25H30FN9OS2. The Morgan fingerprint density at radius 1 is 1.32 bits per heavy atom. The number of alkyl halides is 1. The molecule has 0 saturated carbocycles. The maximum Gasteiger partial charge on any atom is 0.323 e. The summed E-state index contributed by atoms with van der Waals surface area (Å²) in [5.41, 5.74) is 7.47. The van der Waals surface area contributed by atoms with Crippen molar-refractivity contribution in [1.29, 1.82) is 10.5 Å². The Labute approximate surface area is 229 Å². The third kappa shape index (κ3) is 3.94.